The maximum atomic E-state index is 12.4. The van der Waals surface area contributed by atoms with Crippen molar-refractivity contribution in [2.24, 2.45) is 17.8 Å². The summed E-state index contributed by atoms with van der Waals surface area (Å²) in [7, 11) is 4.83. The van der Waals surface area contributed by atoms with Crippen LogP contribution in [0, 0.1) is 17.8 Å². The summed E-state index contributed by atoms with van der Waals surface area (Å²) in [5, 5.41) is 0. The van der Waals surface area contributed by atoms with Gasteiger partial charge in [0.05, 0.1) is 0 Å². The molecule has 242 valence electrons. The minimum atomic E-state index is -3.19. The van der Waals surface area contributed by atoms with Crippen LogP contribution >= 0.6 is 26.8 Å². The molecule has 41 heavy (non-hydrogen) atoms. The molecule has 0 saturated carbocycles. The maximum absolute atomic E-state index is 12.4. The Morgan fingerprint density at radius 1 is 0.488 bits per heavy atom. The molecule has 0 atom stereocenters. The van der Waals surface area contributed by atoms with E-state index in [4.69, 9.17) is 14.2 Å². The Labute approximate surface area is 264 Å². The second-order valence-corrected chi connectivity index (χ2v) is 47.8. The number of unbranched alkanes of at least 4 members (excludes halogenated alkanes) is 6. The first-order chi connectivity index (χ1) is 19.4. The van der Waals surface area contributed by atoms with Crippen LogP contribution in [0.25, 0.3) is 0 Å². The molecule has 10 heteroatoms. The quantitative estimate of drug-likeness (QED) is 0.0355. The Morgan fingerprint density at radius 3 is 1.00 bits per heavy atom. The van der Waals surface area contributed by atoms with E-state index in [1.165, 1.54) is 19.3 Å². The Bertz CT molecular complexity index is 602. The third-order valence-electron chi connectivity index (χ3n) is 6.42. The fraction of sp³-hybridized carbons (Fsp3) is 0.903. The van der Waals surface area contributed by atoms with Gasteiger partial charge in [0.1, 0.15) is 0 Å². The van der Waals surface area contributed by atoms with Gasteiger partial charge in [0.15, 0.2) is 0 Å². The zero-order valence-corrected chi connectivity index (χ0v) is 32.4. The molecule has 0 bridgehead atoms. The molecule has 0 saturated heterocycles. The van der Waals surface area contributed by atoms with Gasteiger partial charge in [-0.1, -0.05) is 0 Å². The van der Waals surface area contributed by atoms with Crippen molar-refractivity contribution in [2.75, 3.05) is 37.1 Å². The number of carbonyl (C=O) groups is 3. The van der Waals surface area contributed by atoms with Crippen LogP contribution in [-0.4, -0.2) is 69.2 Å². The van der Waals surface area contributed by atoms with E-state index in [0.29, 0.717) is 37.6 Å². The molecule has 0 unspecified atom stereocenters. The fourth-order valence-electron chi connectivity index (χ4n) is 3.87. The fourth-order valence-corrected chi connectivity index (χ4v) is 29.6. The SMILES string of the molecule is CC(C)CCCCCOC(=O)C[S][Sn]([CH3])([S]CC(=O)OCCCCCC(C)C)[S]CC(=O)OCCCCCC(C)C. The van der Waals surface area contributed by atoms with Crippen LogP contribution < -0.4 is 0 Å². The number of carbonyl (C=O) groups excluding carboxylic acids is 3. The molecular weight excluding hydrogens is 683 g/mol. The van der Waals surface area contributed by atoms with E-state index < -0.39 is 14.2 Å². The van der Waals surface area contributed by atoms with Crippen molar-refractivity contribution in [3.8, 4) is 0 Å². The molecule has 0 aliphatic carbocycles. The summed E-state index contributed by atoms with van der Waals surface area (Å²) in [6, 6.07) is 0. The van der Waals surface area contributed by atoms with E-state index in [2.05, 4.69) is 46.5 Å². The molecule has 0 aromatic rings. The second-order valence-electron chi connectivity index (χ2n) is 12.1. The predicted molar refractivity (Wildman–Crippen MR) is 182 cm³/mol. The van der Waals surface area contributed by atoms with Crippen molar-refractivity contribution in [2.45, 2.75) is 124 Å². The van der Waals surface area contributed by atoms with Crippen LogP contribution in [-0.2, 0) is 28.6 Å². The van der Waals surface area contributed by atoms with Crippen molar-refractivity contribution in [1.29, 1.82) is 0 Å². The molecule has 0 fully saturated rings. The van der Waals surface area contributed by atoms with Gasteiger partial charge in [-0.3, -0.25) is 0 Å². The molecule has 0 aliphatic rings. The molecule has 0 rings (SSSR count). The summed E-state index contributed by atoms with van der Waals surface area (Å²) in [5.74, 6) is 2.24. The molecule has 0 spiro atoms. The number of hydrogen-bond donors (Lipinski definition) is 0. The predicted octanol–water partition coefficient (Wildman–Crippen LogP) is 9.03. The Balaban J connectivity index is 4.59. The molecule has 0 amide bonds. The molecule has 6 nitrogen and oxygen atoms in total. The van der Waals surface area contributed by atoms with E-state index in [9.17, 15) is 14.4 Å². The molecule has 0 N–H and O–H groups in total. The summed E-state index contributed by atoms with van der Waals surface area (Å²) >= 11 is -3.19. The first kappa shape index (κ1) is 41.3. The van der Waals surface area contributed by atoms with Crippen molar-refractivity contribution in [3.63, 3.8) is 0 Å². The zero-order chi connectivity index (χ0) is 30.9. The Hall–Kier alpha value is 0.259. The third-order valence-corrected chi connectivity index (χ3v) is 40.5. The first-order valence-electron chi connectivity index (χ1n) is 15.8. The normalized spacial score (nSPS) is 11.9. The molecule has 0 aromatic carbocycles. The van der Waals surface area contributed by atoms with Gasteiger partial charge >= 0.3 is 266 Å². The van der Waals surface area contributed by atoms with E-state index in [-0.39, 0.29) is 35.2 Å². The van der Waals surface area contributed by atoms with Gasteiger partial charge in [-0.25, -0.2) is 0 Å². The summed E-state index contributed by atoms with van der Waals surface area (Å²) < 4.78 is 16.4. The van der Waals surface area contributed by atoms with Crippen LogP contribution in [0.15, 0.2) is 0 Å². The van der Waals surface area contributed by atoms with Crippen molar-refractivity contribution >= 4 is 59.0 Å². The topological polar surface area (TPSA) is 78.9 Å². The summed E-state index contributed by atoms with van der Waals surface area (Å²) in [6.45, 7) is 14.7. The van der Waals surface area contributed by atoms with Crippen molar-refractivity contribution in [3.05, 3.63) is 0 Å². The molecule has 0 aliphatic heterocycles. The summed E-state index contributed by atoms with van der Waals surface area (Å²) in [5.41, 5.74) is 0. The minimum absolute atomic E-state index is 0.212. The van der Waals surface area contributed by atoms with Gasteiger partial charge in [0, 0.05) is 0 Å². The van der Waals surface area contributed by atoms with E-state index in [0.717, 1.165) is 57.8 Å². The van der Waals surface area contributed by atoms with Gasteiger partial charge in [-0.15, -0.1) is 0 Å². The molecule has 0 aromatic heterocycles. The van der Waals surface area contributed by atoms with Gasteiger partial charge in [-0.05, 0) is 0 Å². The van der Waals surface area contributed by atoms with Crippen LogP contribution in [0.2, 0.25) is 4.94 Å². The number of esters is 3. The summed E-state index contributed by atoms with van der Waals surface area (Å²) in [4.78, 5) is 39.5. The average molecular weight is 744 g/mol. The van der Waals surface area contributed by atoms with Crippen LogP contribution in [0.4, 0.5) is 0 Å². The number of ether oxygens (including phenoxy) is 3. The standard InChI is InChI=1S/3C10H20O2S.CH3.Sn/c3*1-9(2)6-4-3-5-7-12-10(11)8-13;;/h3*9,13H,3-8H2,1-2H3;1H3;/q;;;;+3/p-3. The average Bonchev–Trinajstić information content (AvgIpc) is 2.90. The number of rotatable bonds is 27. The van der Waals surface area contributed by atoms with Crippen LogP contribution in [0.1, 0.15) is 119 Å². The van der Waals surface area contributed by atoms with Gasteiger partial charge in [0.25, 0.3) is 0 Å². The second kappa shape index (κ2) is 26.6. The van der Waals surface area contributed by atoms with E-state index in [1.54, 1.807) is 26.8 Å². The third kappa shape index (κ3) is 28.8. The Kier molecular flexibility index (Phi) is 26.8. The van der Waals surface area contributed by atoms with E-state index in [1.807, 2.05) is 0 Å². The Morgan fingerprint density at radius 2 is 0.756 bits per heavy atom. The zero-order valence-electron chi connectivity index (χ0n) is 27.1. The van der Waals surface area contributed by atoms with Gasteiger partial charge in [0.2, 0.25) is 0 Å². The molecular formula is C31H60O6S3Sn. The number of hydrogen-bond acceptors (Lipinski definition) is 9. The van der Waals surface area contributed by atoms with Gasteiger partial charge in [-0.2, -0.15) is 0 Å². The summed E-state index contributed by atoms with van der Waals surface area (Å²) in [6.07, 6.45) is 13.0. The van der Waals surface area contributed by atoms with E-state index >= 15 is 0 Å². The monoisotopic (exact) mass is 744 g/mol. The van der Waals surface area contributed by atoms with Crippen molar-refractivity contribution in [1.82, 2.24) is 0 Å². The van der Waals surface area contributed by atoms with Crippen molar-refractivity contribution < 1.29 is 28.6 Å². The van der Waals surface area contributed by atoms with Crippen LogP contribution in [0.3, 0.4) is 0 Å². The van der Waals surface area contributed by atoms with Crippen LogP contribution in [0.5, 0.6) is 0 Å². The first-order valence-corrected chi connectivity index (χ1v) is 32.1. The molecule has 0 heterocycles. The van der Waals surface area contributed by atoms with Gasteiger partial charge < -0.3 is 0 Å². The molecule has 0 radical (unpaired) electrons.